The highest BCUT2D eigenvalue weighted by Crippen LogP contribution is 2.28. The fourth-order valence-electron chi connectivity index (χ4n) is 3.01. The van der Waals surface area contributed by atoms with Gasteiger partial charge < -0.3 is 9.47 Å². The number of amides is 2. The summed E-state index contributed by atoms with van der Waals surface area (Å²) in [5.41, 5.74) is 3.89. The van der Waals surface area contributed by atoms with Gasteiger partial charge in [0.05, 0.1) is 24.2 Å². The van der Waals surface area contributed by atoms with Gasteiger partial charge in [0.2, 0.25) is 0 Å². The van der Waals surface area contributed by atoms with Crippen molar-refractivity contribution in [2.75, 3.05) is 7.11 Å². The lowest BCUT2D eigenvalue weighted by molar-refractivity contribution is 0.0846. The fraction of sp³-hybridized carbons (Fsp3) is 0.286. The van der Waals surface area contributed by atoms with Crippen LogP contribution in [0.4, 0.5) is 0 Å². The molecule has 0 bridgehead atoms. The van der Waals surface area contributed by atoms with Gasteiger partial charge in [-0.3, -0.25) is 34.4 Å². The van der Waals surface area contributed by atoms with Gasteiger partial charge in [-0.2, -0.15) is 0 Å². The van der Waals surface area contributed by atoms with E-state index in [1.165, 1.54) is 50.2 Å². The Hall–Kier alpha value is -4.15. The van der Waals surface area contributed by atoms with Crippen LogP contribution in [0, 0.1) is 0 Å². The van der Waals surface area contributed by atoms with Crippen molar-refractivity contribution >= 4 is 22.8 Å². The number of hydrazine groups is 1. The first-order valence-electron chi connectivity index (χ1n) is 9.65. The monoisotopic (exact) mass is 441 g/mol. The lowest BCUT2D eigenvalue weighted by Gasteiger charge is -2.14. The zero-order valence-corrected chi connectivity index (χ0v) is 18.3. The van der Waals surface area contributed by atoms with E-state index in [-0.39, 0.29) is 28.3 Å². The smallest absolute Gasteiger partial charge is 0.332 e. The number of carbonyl (C=O) groups excluding carboxylic acids is 2. The first-order valence-corrected chi connectivity index (χ1v) is 9.65. The summed E-state index contributed by atoms with van der Waals surface area (Å²) in [5, 5.41) is 0.0963. The quantitative estimate of drug-likeness (QED) is 0.551. The Bertz CT molecular complexity index is 1320. The third kappa shape index (κ3) is 4.31. The molecule has 0 unspecified atom stereocenters. The van der Waals surface area contributed by atoms with Crippen LogP contribution in [0.3, 0.4) is 0 Å². The average molecular weight is 441 g/mol. The molecule has 3 aromatic rings. The number of fused-ring (bicyclic) bond motifs is 1. The van der Waals surface area contributed by atoms with Crippen molar-refractivity contribution in [3.63, 3.8) is 0 Å². The van der Waals surface area contributed by atoms with Crippen LogP contribution in [0.25, 0.3) is 11.0 Å². The number of carbonyl (C=O) groups is 2. The second-order valence-electron chi connectivity index (χ2n) is 7.24. The van der Waals surface area contributed by atoms with Crippen LogP contribution in [-0.2, 0) is 14.1 Å². The largest absolute Gasteiger partial charge is 0.493 e. The number of pyridine rings is 1. The number of hydrogen-bond donors (Lipinski definition) is 2. The minimum atomic E-state index is -0.685. The molecule has 0 aliphatic rings. The summed E-state index contributed by atoms with van der Waals surface area (Å²) in [6.07, 6.45) is 1.14. The topological polar surface area (TPSA) is 134 Å². The predicted octanol–water partition coefficient (Wildman–Crippen LogP) is 0.503. The van der Waals surface area contributed by atoms with Crippen molar-refractivity contribution < 1.29 is 19.1 Å². The average Bonchev–Trinajstić information content (AvgIpc) is 2.78. The van der Waals surface area contributed by atoms with Crippen LogP contribution >= 0.6 is 0 Å². The van der Waals surface area contributed by atoms with E-state index < -0.39 is 23.1 Å². The Morgan fingerprint density at radius 3 is 2.25 bits per heavy atom. The molecule has 0 aliphatic heterocycles. The predicted molar refractivity (Wildman–Crippen MR) is 116 cm³/mol. The molecule has 3 rings (SSSR count). The van der Waals surface area contributed by atoms with E-state index >= 15 is 0 Å². The molecule has 0 fully saturated rings. The Morgan fingerprint density at radius 1 is 0.969 bits per heavy atom. The van der Waals surface area contributed by atoms with Gasteiger partial charge in [0.25, 0.3) is 17.4 Å². The second-order valence-corrected chi connectivity index (χ2v) is 7.24. The van der Waals surface area contributed by atoms with Gasteiger partial charge in [-0.25, -0.2) is 9.78 Å². The van der Waals surface area contributed by atoms with Crippen molar-refractivity contribution in [1.29, 1.82) is 0 Å². The molecule has 0 radical (unpaired) electrons. The minimum absolute atomic E-state index is 0.0341. The maximum absolute atomic E-state index is 12.5. The van der Waals surface area contributed by atoms with Gasteiger partial charge in [0.1, 0.15) is 5.65 Å². The highest BCUT2D eigenvalue weighted by atomic mass is 16.5. The molecule has 1 aromatic carbocycles. The first-order chi connectivity index (χ1) is 15.1. The van der Waals surface area contributed by atoms with Crippen LogP contribution in [0.2, 0.25) is 0 Å². The highest BCUT2D eigenvalue weighted by molar-refractivity contribution is 6.00. The third-order valence-electron chi connectivity index (χ3n) is 4.63. The second kappa shape index (κ2) is 8.92. The van der Waals surface area contributed by atoms with Gasteiger partial charge in [0.15, 0.2) is 11.5 Å². The summed E-state index contributed by atoms with van der Waals surface area (Å²) in [6.45, 7) is 3.74. The Labute approximate surface area is 182 Å². The molecule has 0 saturated carbocycles. The maximum Gasteiger partial charge on any atom is 0.332 e. The van der Waals surface area contributed by atoms with E-state index in [0.717, 1.165) is 4.57 Å². The van der Waals surface area contributed by atoms with Crippen LogP contribution in [0.5, 0.6) is 11.5 Å². The van der Waals surface area contributed by atoms with E-state index in [1.807, 2.05) is 13.8 Å². The number of rotatable bonds is 5. The Balaban J connectivity index is 1.78. The number of benzene rings is 1. The van der Waals surface area contributed by atoms with E-state index in [4.69, 9.17) is 9.47 Å². The Morgan fingerprint density at radius 2 is 1.62 bits per heavy atom. The maximum atomic E-state index is 12.5. The molecular weight excluding hydrogens is 418 g/mol. The molecule has 11 heteroatoms. The van der Waals surface area contributed by atoms with Crippen LogP contribution in [0.15, 0.2) is 40.1 Å². The molecule has 2 aromatic heterocycles. The number of aromatic nitrogens is 3. The lowest BCUT2D eigenvalue weighted by atomic mass is 10.2. The van der Waals surface area contributed by atoms with E-state index in [2.05, 4.69) is 15.8 Å². The highest BCUT2D eigenvalue weighted by Gasteiger charge is 2.16. The molecule has 2 heterocycles. The summed E-state index contributed by atoms with van der Waals surface area (Å²) >= 11 is 0. The molecule has 0 spiro atoms. The number of hydrogen-bond acceptors (Lipinski definition) is 7. The molecule has 0 saturated heterocycles. The third-order valence-corrected chi connectivity index (χ3v) is 4.63. The summed E-state index contributed by atoms with van der Waals surface area (Å²) in [6, 6.07) is 5.93. The van der Waals surface area contributed by atoms with Crippen molar-refractivity contribution in [2.24, 2.45) is 14.1 Å². The molecule has 2 amide bonds. The van der Waals surface area contributed by atoms with Crippen LogP contribution in [-0.4, -0.2) is 39.1 Å². The standard InChI is InChI=1S/C21H23N5O6/c1-11(2)32-15-7-6-12(9-16(15)31-5)18(27)23-24-19(28)13-8-14-17(22-10-13)25(3)21(30)26(4)20(14)29/h6-11H,1-5H3,(H,23,27)(H,24,28). The van der Waals surface area contributed by atoms with E-state index in [1.54, 1.807) is 6.07 Å². The van der Waals surface area contributed by atoms with Crippen molar-refractivity contribution in [1.82, 2.24) is 25.0 Å². The summed E-state index contributed by atoms with van der Waals surface area (Å²) in [5.74, 6) is -0.408. The van der Waals surface area contributed by atoms with Gasteiger partial charge >= 0.3 is 5.69 Å². The number of nitrogens with one attached hydrogen (secondary N) is 2. The zero-order valence-electron chi connectivity index (χ0n) is 18.3. The van der Waals surface area contributed by atoms with Crippen molar-refractivity contribution in [3.8, 4) is 11.5 Å². The van der Waals surface area contributed by atoms with E-state index in [0.29, 0.717) is 11.5 Å². The Kier molecular flexibility index (Phi) is 6.28. The number of ether oxygens (including phenoxy) is 2. The molecule has 168 valence electrons. The van der Waals surface area contributed by atoms with Gasteiger partial charge in [-0.1, -0.05) is 0 Å². The van der Waals surface area contributed by atoms with Crippen LogP contribution in [0.1, 0.15) is 34.6 Å². The fourth-order valence-corrected chi connectivity index (χ4v) is 3.01. The molecule has 2 N–H and O–H groups in total. The lowest BCUT2D eigenvalue weighted by Crippen LogP contribution is -2.42. The van der Waals surface area contributed by atoms with Crippen LogP contribution < -0.4 is 31.6 Å². The molecule has 11 nitrogen and oxygen atoms in total. The van der Waals surface area contributed by atoms with E-state index in [9.17, 15) is 19.2 Å². The first kappa shape index (κ1) is 22.5. The molecular formula is C21H23N5O6. The molecule has 0 aliphatic carbocycles. The minimum Gasteiger partial charge on any atom is -0.493 e. The van der Waals surface area contributed by atoms with Gasteiger partial charge in [-0.05, 0) is 38.1 Å². The van der Waals surface area contributed by atoms with Gasteiger partial charge in [-0.15, -0.1) is 0 Å². The summed E-state index contributed by atoms with van der Waals surface area (Å²) < 4.78 is 13.0. The number of aryl methyl sites for hydroxylation is 1. The zero-order chi connectivity index (χ0) is 23.6. The molecule has 0 atom stereocenters. The van der Waals surface area contributed by atoms with Crippen molar-refractivity contribution in [3.05, 3.63) is 62.4 Å². The number of nitrogens with zero attached hydrogens (tertiary/aromatic N) is 3. The normalized spacial score (nSPS) is 10.8. The van der Waals surface area contributed by atoms with Crippen molar-refractivity contribution in [2.45, 2.75) is 20.0 Å². The summed E-state index contributed by atoms with van der Waals surface area (Å²) in [7, 11) is 4.27. The summed E-state index contributed by atoms with van der Waals surface area (Å²) in [4.78, 5) is 53.3. The SMILES string of the molecule is COc1cc(C(=O)NNC(=O)c2cnc3c(c2)c(=O)n(C)c(=O)n3C)ccc1OC(C)C. The van der Waals surface area contributed by atoms with Gasteiger partial charge in [0, 0.05) is 25.9 Å². The number of methoxy groups -OCH3 is 1. The molecule has 32 heavy (non-hydrogen) atoms.